The zero-order valence-corrected chi connectivity index (χ0v) is 22.5. The molecule has 0 atom stereocenters. The Morgan fingerprint density at radius 3 is 1.18 bits per heavy atom. The van der Waals surface area contributed by atoms with Gasteiger partial charge in [-0.25, -0.2) is 0 Å². The first kappa shape index (κ1) is 28.7. The van der Waals surface area contributed by atoms with Gasteiger partial charge in [0.15, 0.2) is 5.41 Å². The third-order valence-electron chi connectivity index (χ3n) is 7.50. The number of rotatable bonds is 10. The van der Waals surface area contributed by atoms with Crippen LogP contribution in [-0.4, -0.2) is 24.2 Å². The lowest BCUT2D eigenvalue weighted by atomic mass is 9.69. The summed E-state index contributed by atoms with van der Waals surface area (Å²) in [5, 5.41) is 0. The summed E-state index contributed by atoms with van der Waals surface area (Å²) in [6.45, 7) is 0.593. The van der Waals surface area contributed by atoms with E-state index in [2.05, 4.69) is 0 Å². The predicted octanol–water partition coefficient (Wildman–Crippen LogP) is 5.74. The number of esters is 3. The Hall–Kier alpha value is -4.26. The summed E-state index contributed by atoms with van der Waals surface area (Å²) in [5.74, 6) is -1.33. The molecule has 0 spiro atoms. The zero-order chi connectivity index (χ0) is 28.3. The van der Waals surface area contributed by atoms with E-state index < -0.39 is 22.8 Å². The van der Waals surface area contributed by atoms with Gasteiger partial charge in [-0.1, -0.05) is 97.4 Å². The van der Waals surface area contributed by atoms with Crippen molar-refractivity contribution in [3.8, 4) is 0 Å². The maximum absolute atomic E-state index is 12.5. The molecular weight excluding hydrogens is 508 g/mol. The molecule has 0 aliphatic heterocycles. The van der Waals surface area contributed by atoms with Gasteiger partial charge in [-0.05, 0) is 48.8 Å². The Morgan fingerprint density at radius 1 is 0.550 bits per heavy atom. The van der Waals surface area contributed by atoms with E-state index in [9.17, 15) is 19.2 Å². The van der Waals surface area contributed by atoms with E-state index in [-0.39, 0.29) is 25.8 Å². The van der Waals surface area contributed by atoms with Gasteiger partial charge in [-0.15, -0.1) is 0 Å². The van der Waals surface area contributed by atoms with Crippen LogP contribution in [0.3, 0.4) is 0 Å². The van der Waals surface area contributed by atoms with Gasteiger partial charge in [0.2, 0.25) is 0 Å². The molecule has 0 N–H and O–H groups in total. The van der Waals surface area contributed by atoms with E-state index >= 15 is 0 Å². The number of hydrogen-bond donors (Lipinski definition) is 0. The summed E-state index contributed by atoms with van der Waals surface area (Å²) in [4.78, 5) is 47.5. The van der Waals surface area contributed by atoms with Gasteiger partial charge in [0.1, 0.15) is 31.5 Å². The molecule has 0 unspecified atom stereocenters. The van der Waals surface area contributed by atoms with Gasteiger partial charge in [0.05, 0.1) is 0 Å². The second-order valence-corrected chi connectivity index (χ2v) is 10.2. The summed E-state index contributed by atoms with van der Waals surface area (Å²) < 4.78 is 15.9. The van der Waals surface area contributed by atoms with Gasteiger partial charge < -0.3 is 19.0 Å². The largest absolute Gasteiger partial charge is 0.460 e. The third kappa shape index (κ3) is 7.03. The van der Waals surface area contributed by atoms with Gasteiger partial charge in [-0.3, -0.25) is 14.4 Å². The molecule has 0 aromatic heterocycles. The normalized spacial score (nSPS) is 16.0. The fraction of sp³-hybridized carbons (Fsp3) is 0.333. The van der Waals surface area contributed by atoms with E-state index in [1.807, 2.05) is 91.0 Å². The van der Waals surface area contributed by atoms with Crippen molar-refractivity contribution in [2.45, 2.75) is 58.3 Å². The van der Waals surface area contributed by atoms with E-state index in [0.29, 0.717) is 25.7 Å². The van der Waals surface area contributed by atoms with Crippen LogP contribution in [0.1, 0.15) is 55.2 Å². The molecule has 3 aromatic carbocycles. The highest BCUT2D eigenvalue weighted by molar-refractivity contribution is 6.01. The first-order chi connectivity index (χ1) is 19.5. The van der Waals surface area contributed by atoms with Crippen LogP contribution in [0.4, 0.5) is 0 Å². The minimum Gasteiger partial charge on any atom is -0.460 e. The molecule has 0 radical (unpaired) electrons. The number of hydrogen-bond acceptors (Lipinski definition) is 7. The molecule has 0 amide bonds. The van der Waals surface area contributed by atoms with Crippen LogP contribution < -0.4 is 0 Å². The van der Waals surface area contributed by atoms with Crippen molar-refractivity contribution in [2.24, 2.45) is 10.8 Å². The van der Waals surface area contributed by atoms with Crippen LogP contribution in [0.25, 0.3) is 0 Å². The lowest BCUT2D eigenvalue weighted by molar-refractivity contribution is -0.181. The lowest BCUT2D eigenvalue weighted by Crippen LogP contribution is -2.47. The first-order valence-corrected chi connectivity index (χ1v) is 13.6. The number of ether oxygens (including phenoxy) is 3. The number of aldehydes is 1. The highest BCUT2D eigenvalue weighted by Crippen LogP contribution is 2.43. The van der Waals surface area contributed by atoms with Crippen LogP contribution in [-0.2, 0) is 53.2 Å². The highest BCUT2D eigenvalue weighted by atomic mass is 16.6. The van der Waals surface area contributed by atoms with E-state index in [4.69, 9.17) is 14.2 Å². The molecular formula is C33H34O7. The maximum Gasteiger partial charge on any atom is 0.323 e. The maximum atomic E-state index is 12.5. The third-order valence-corrected chi connectivity index (χ3v) is 7.50. The molecule has 5 rings (SSSR count). The summed E-state index contributed by atoms with van der Waals surface area (Å²) in [7, 11) is 0. The highest BCUT2D eigenvalue weighted by Gasteiger charge is 2.53. The summed E-state index contributed by atoms with van der Waals surface area (Å²) in [5.41, 5.74) is 0.783. The molecule has 2 aliphatic carbocycles. The molecule has 40 heavy (non-hydrogen) atoms. The monoisotopic (exact) mass is 542 g/mol. The van der Waals surface area contributed by atoms with Crippen molar-refractivity contribution in [1.82, 2.24) is 0 Å². The molecule has 208 valence electrons. The van der Waals surface area contributed by atoms with Crippen LogP contribution in [0.15, 0.2) is 91.0 Å². The molecule has 2 aliphatic rings. The Morgan fingerprint density at radius 2 is 0.900 bits per heavy atom. The van der Waals surface area contributed by atoms with Crippen LogP contribution >= 0.6 is 0 Å². The second kappa shape index (κ2) is 13.7. The Kier molecular flexibility index (Phi) is 9.84. The van der Waals surface area contributed by atoms with Crippen molar-refractivity contribution < 1.29 is 33.4 Å². The van der Waals surface area contributed by atoms with Crippen molar-refractivity contribution >= 4 is 24.2 Å². The number of carbonyl (C=O) groups excluding carboxylic acids is 4. The van der Waals surface area contributed by atoms with Crippen molar-refractivity contribution in [3.05, 3.63) is 108 Å². The Bertz CT molecular complexity index is 1210. The molecule has 2 saturated carbocycles. The smallest absolute Gasteiger partial charge is 0.323 e. The van der Waals surface area contributed by atoms with Gasteiger partial charge in [0.25, 0.3) is 0 Å². The minimum atomic E-state index is -1.12. The van der Waals surface area contributed by atoms with Crippen molar-refractivity contribution in [1.29, 1.82) is 0 Å². The van der Waals surface area contributed by atoms with Crippen LogP contribution in [0, 0.1) is 10.8 Å². The molecule has 7 heteroatoms. The average Bonchev–Trinajstić information content (AvgIpc) is 2.95. The minimum absolute atomic E-state index is 0.174. The topological polar surface area (TPSA) is 96.0 Å². The lowest BCUT2D eigenvalue weighted by Gasteiger charge is -2.36. The molecule has 7 nitrogen and oxygen atoms in total. The number of benzene rings is 3. The van der Waals surface area contributed by atoms with E-state index in [0.717, 1.165) is 35.8 Å². The van der Waals surface area contributed by atoms with Crippen molar-refractivity contribution in [3.63, 3.8) is 0 Å². The van der Waals surface area contributed by atoms with E-state index in [1.54, 1.807) is 0 Å². The second-order valence-electron chi connectivity index (χ2n) is 10.2. The predicted molar refractivity (Wildman–Crippen MR) is 147 cm³/mol. The molecule has 0 heterocycles. The van der Waals surface area contributed by atoms with E-state index in [1.165, 1.54) is 0 Å². The summed E-state index contributed by atoms with van der Waals surface area (Å²) in [6, 6.07) is 28.3. The number of carbonyl (C=O) groups is 4. The van der Waals surface area contributed by atoms with Gasteiger partial charge in [-0.2, -0.15) is 0 Å². The Balaban J connectivity index is 0.000000201. The van der Waals surface area contributed by atoms with Crippen molar-refractivity contribution in [2.75, 3.05) is 0 Å². The zero-order valence-electron chi connectivity index (χ0n) is 22.5. The van der Waals surface area contributed by atoms with Crippen LogP contribution in [0.5, 0.6) is 0 Å². The molecule has 3 aromatic rings. The standard InChI is InChI=1S/C20H20O4.C13H14O3/c21-18(23-14-16-8-3-1-4-9-16)20(12-7-13-20)19(22)24-15-17-10-5-2-6-11-17;14-10-13(7-4-8-13)12(15)16-9-11-5-2-1-3-6-11/h1-6,8-11H,7,12-15H2;1-3,5-6,10H,4,7-9H2. The molecule has 0 saturated heterocycles. The van der Waals surface area contributed by atoms with Gasteiger partial charge in [0, 0.05) is 0 Å². The van der Waals surface area contributed by atoms with Crippen LogP contribution in [0.2, 0.25) is 0 Å². The SMILES string of the molecule is O=C(OCc1ccccc1)C1(C(=O)OCc2ccccc2)CCC1.O=CC1(C(=O)OCc2ccccc2)CCC1. The van der Waals surface area contributed by atoms with Gasteiger partial charge >= 0.3 is 17.9 Å². The summed E-state index contributed by atoms with van der Waals surface area (Å²) >= 11 is 0. The molecule has 0 bridgehead atoms. The fourth-order valence-electron chi connectivity index (χ4n) is 4.54. The first-order valence-electron chi connectivity index (χ1n) is 13.6. The fourth-order valence-corrected chi connectivity index (χ4v) is 4.54. The molecule has 2 fully saturated rings. The average molecular weight is 543 g/mol. The quantitative estimate of drug-likeness (QED) is 0.139. The Labute approximate surface area is 234 Å². The summed E-state index contributed by atoms with van der Waals surface area (Å²) in [6.07, 6.45) is 4.75.